The SMILES string of the molecule is Cc1cnc(C(N)=O)cc1NC(=O)[C@@H]1O[C@@](C)(C(F)(F)F)[C@@H](C)[C@H]1c1ccc(F)c(F)c1OCCN1CC2(COC2)C1. The highest BCUT2D eigenvalue weighted by molar-refractivity contribution is 5.98. The minimum atomic E-state index is -4.91. The van der Waals surface area contributed by atoms with Gasteiger partial charge in [0, 0.05) is 54.3 Å². The Labute approximate surface area is 238 Å². The molecular formula is C28H31F5N4O5. The first-order valence-corrected chi connectivity index (χ1v) is 13.4. The smallest absolute Gasteiger partial charge is 0.417 e. The Morgan fingerprint density at radius 1 is 1.24 bits per heavy atom. The van der Waals surface area contributed by atoms with Gasteiger partial charge in [-0.25, -0.2) is 4.39 Å². The fraction of sp³-hybridized carbons (Fsp3) is 0.536. The van der Waals surface area contributed by atoms with E-state index < -0.39 is 58.9 Å². The first kappa shape index (κ1) is 30.1. The molecule has 0 radical (unpaired) electrons. The molecule has 0 bridgehead atoms. The first-order valence-electron chi connectivity index (χ1n) is 13.4. The molecule has 14 heteroatoms. The number of primary amides is 1. The van der Waals surface area contributed by atoms with E-state index in [9.17, 15) is 27.2 Å². The zero-order chi connectivity index (χ0) is 30.6. The number of aryl methyl sites for hydroxylation is 1. The van der Waals surface area contributed by atoms with E-state index in [0.717, 1.165) is 32.1 Å². The molecule has 9 nitrogen and oxygen atoms in total. The Morgan fingerprint density at radius 2 is 1.93 bits per heavy atom. The number of nitrogens with two attached hydrogens (primary N) is 1. The third-order valence-corrected chi connectivity index (χ3v) is 8.57. The summed E-state index contributed by atoms with van der Waals surface area (Å²) >= 11 is 0. The number of ether oxygens (including phenoxy) is 3. The summed E-state index contributed by atoms with van der Waals surface area (Å²) in [7, 11) is 0. The number of benzene rings is 1. The van der Waals surface area contributed by atoms with Gasteiger partial charge in [0.2, 0.25) is 5.82 Å². The Bertz CT molecular complexity index is 1390. The van der Waals surface area contributed by atoms with Crippen molar-refractivity contribution in [3.8, 4) is 5.75 Å². The molecule has 42 heavy (non-hydrogen) atoms. The number of pyridine rings is 1. The van der Waals surface area contributed by atoms with Gasteiger partial charge in [0.1, 0.15) is 18.4 Å². The summed E-state index contributed by atoms with van der Waals surface area (Å²) in [5.74, 6) is -7.87. The molecule has 2 amide bonds. The van der Waals surface area contributed by atoms with Crippen molar-refractivity contribution < 1.29 is 45.8 Å². The zero-order valence-corrected chi connectivity index (χ0v) is 23.2. The van der Waals surface area contributed by atoms with E-state index in [2.05, 4.69) is 15.2 Å². The lowest BCUT2D eigenvalue weighted by Crippen LogP contribution is -2.66. The molecule has 4 heterocycles. The van der Waals surface area contributed by atoms with E-state index in [-0.39, 0.29) is 29.0 Å². The highest BCUT2D eigenvalue weighted by Crippen LogP contribution is 2.55. The van der Waals surface area contributed by atoms with E-state index in [1.807, 2.05) is 0 Å². The number of carbonyl (C=O) groups is 2. The van der Waals surface area contributed by atoms with Gasteiger partial charge < -0.3 is 25.3 Å². The molecule has 3 N–H and O–H groups in total. The summed E-state index contributed by atoms with van der Waals surface area (Å²) < 4.78 is 88.9. The van der Waals surface area contributed by atoms with Crippen LogP contribution in [0.2, 0.25) is 0 Å². The van der Waals surface area contributed by atoms with Gasteiger partial charge in [-0.15, -0.1) is 0 Å². The van der Waals surface area contributed by atoms with E-state index in [4.69, 9.17) is 19.9 Å². The van der Waals surface area contributed by atoms with Crippen LogP contribution >= 0.6 is 0 Å². The molecule has 1 spiro atoms. The predicted molar refractivity (Wildman–Crippen MR) is 139 cm³/mol. The molecule has 3 fully saturated rings. The summed E-state index contributed by atoms with van der Waals surface area (Å²) in [6.07, 6.45) is -5.44. The second-order valence-electron chi connectivity index (χ2n) is 11.5. The van der Waals surface area contributed by atoms with E-state index in [1.54, 1.807) is 6.92 Å². The minimum absolute atomic E-state index is 0.0637. The predicted octanol–water partition coefficient (Wildman–Crippen LogP) is 3.56. The average Bonchev–Trinajstić information content (AvgIpc) is 3.15. The molecule has 0 aliphatic carbocycles. The highest BCUT2D eigenvalue weighted by Gasteiger charge is 2.66. The van der Waals surface area contributed by atoms with Crippen LogP contribution in [0.3, 0.4) is 0 Å². The lowest BCUT2D eigenvalue weighted by atomic mass is 9.77. The molecule has 4 atom stereocenters. The Hall–Kier alpha value is -3.36. The third-order valence-electron chi connectivity index (χ3n) is 8.57. The molecule has 3 saturated heterocycles. The number of rotatable bonds is 8. The molecule has 3 aliphatic rings. The van der Waals surface area contributed by atoms with Gasteiger partial charge >= 0.3 is 6.18 Å². The number of nitrogens with zero attached hydrogens (tertiary/aromatic N) is 2. The second-order valence-corrected chi connectivity index (χ2v) is 11.5. The fourth-order valence-corrected chi connectivity index (χ4v) is 5.89. The number of hydrogen-bond acceptors (Lipinski definition) is 7. The van der Waals surface area contributed by atoms with E-state index >= 15 is 4.39 Å². The maximum atomic E-state index is 15.2. The number of halogens is 5. The number of anilines is 1. The number of alkyl halides is 3. The maximum Gasteiger partial charge on any atom is 0.417 e. The molecular weight excluding hydrogens is 567 g/mol. The Morgan fingerprint density at radius 3 is 2.52 bits per heavy atom. The molecule has 3 aliphatic heterocycles. The van der Waals surface area contributed by atoms with Gasteiger partial charge in [0.05, 0.1) is 13.2 Å². The standard InChI is InChI=1S/C28H31F5N4O5/c1-14-9-35-19(24(34)38)8-18(14)36-25(39)23-20(15(2)26(3,42-23)28(31,32)33)16-4-5-17(29)21(30)22(16)41-7-6-37-10-27(11-37)12-40-13-27/h4-5,8-9,15,20,23H,6-7,10-13H2,1-3H3,(H2,34,38)(H,35,36,39)/t15-,20-,23+,26+/m0/s1. The Balaban J connectivity index is 1.45. The first-order chi connectivity index (χ1) is 19.7. The second kappa shape index (κ2) is 10.7. The van der Waals surface area contributed by atoms with Crippen LogP contribution in [0, 0.1) is 29.9 Å². The lowest BCUT2D eigenvalue weighted by molar-refractivity contribution is -0.272. The topological polar surface area (TPSA) is 116 Å². The van der Waals surface area contributed by atoms with Crippen LogP contribution in [0.5, 0.6) is 5.75 Å². The summed E-state index contributed by atoms with van der Waals surface area (Å²) in [6.45, 7) is 6.77. The summed E-state index contributed by atoms with van der Waals surface area (Å²) in [5, 5.41) is 2.49. The van der Waals surface area contributed by atoms with Crippen molar-refractivity contribution in [2.75, 3.05) is 44.8 Å². The van der Waals surface area contributed by atoms with Gasteiger partial charge in [-0.3, -0.25) is 19.5 Å². The fourth-order valence-electron chi connectivity index (χ4n) is 5.89. The largest absolute Gasteiger partial charge is 0.489 e. The summed E-state index contributed by atoms with van der Waals surface area (Å²) in [4.78, 5) is 31.0. The van der Waals surface area contributed by atoms with Crippen molar-refractivity contribution in [1.29, 1.82) is 0 Å². The summed E-state index contributed by atoms with van der Waals surface area (Å²) in [5.41, 5.74) is 2.74. The Kier molecular flexibility index (Phi) is 7.69. The quantitative estimate of drug-likeness (QED) is 0.447. The normalized spacial score (nSPS) is 26.9. The van der Waals surface area contributed by atoms with Gasteiger partial charge in [-0.05, 0) is 31.5 Å². The van der Waals surface area contributed by atoms with Crippen molar-refractivity contribution in [2.45, 2.75) is 44.6 Å². The molecule has 1 aromatic heterocycles. The number of carbonyl (C=O) groups excluding carboxylic acids is 2. The van der Waals surface area contributed by atoms with Crippen molar-refractivity contribution in [1.82, 2.24) is 9.88 Å². The van der Waals surface area contributed by atoms with Crippen LogP contribution in [0.15, 0.2) is 24.4 Å². The van der Waals surface area contributed by atoms with Crippen molar-refractivity contribution in [3.05, 3.63) is 52.9 Å². The van der Waals surface area contributed by atoms with Crippen LogP contribution in [0.25, 0.3) is 0 Å². The minimum Gasteiger partial charge on any atom is -0.489 e. The maximum absolute atomic E-state index is 15.2. The lowest BCUT2D eigenvalue weighted by Gasteiger charge is -2.55. The van der Waals surface area contributed by atoms with Gasteiger partial charge in [-0.1, -0.05) is 13.0 Å². The van der Waals surface area contributed by atoms with Crippen molar-refractivity contribution in [2.24, 2.45) is 17.1 Å². The van der Waals surface area contributed by atoms with Crippen LogP contribution in [0.4, 0.5) is 27.6 Å². The van der Waals surface area contributed by atoms with Crippen LogP contribution in [0.1, 0.15) is 41.4 Å². The van der Waals surface area contributed by atoms with Gasteiger partial charge in [0.15, 0.2) is 17.2 Å². The van der Waals surface area contributed by atoms with Crippen LogP contribution < -0.4 is 15.8 Å². The molecule has 0 unspecified atom stereocenters. The summed E-state index contributed by atoms with van der Waals surface area (Å²) in [6, 6.07) is 3.09. The number of hydrogen-bond donors (Lipinski definition) is 2. The van der Waals surface area contributed by atoms with E-state index in [1.165, 1.54) is 19.2 Å². The molecule has 1 aromatic carbocycles. The van der Waals surface area contributed by atoms with Crippen molar-refractivity contribution >= 4 is 17.5 Å². The zero-order valence-electron chi connectivity index (χ0n) is 23.2. The molecule has 5 rings (SSSR count). The van der Waals surface area contributed by atoms with Gasteiger partial charge in [-0.2, -0.15) is 17.6 Å². The highest BCUT2D eigenvalue weighted by atomic mass is 19.4. The van der Waals surface area contributed by atoms with Crippen LogP contribution in [-0.2, 0) is 14.3 Å². The number of likely N-dealkylation sites (tertiary alicyclic amines) is 1. The van der Waals surface area contributed by atoms with E-state index in [0.29, 0.717) is 25.3 Å². The molecule has 2 aromatic rings. The average molecular weight is 599 g/mol. The molecule has 0 saturated carbocycles. The number of aromatic nitrogens is 1. The number of amides is 2. The third kappa shape index (κ3) is 5.20. The van der Waals surface area contributed by atoms with Gasteiger partial charge in [0.25, 0.3) is 11.8 Å². The molecule has 228 valence electrons. The monoisotopic (exact) mass is 598 g/mol. The van der Waals surface area contributed by atoms with Crippen LogP contribution in [-0.4, -0.2) is 79.0 Å². The number of nitrogens with one attached hydrogen (secondary N) is 1. The van der Waals surface area contributed by atoms with Crippen molar-refractivity contribution in [3.63, 3.8) is 0 Å².